The van der Waals surface area contributed by atoms with Gasteiger partial charge in [-0.2, -0.15) is 5.10 Å². The van der Waals surface area contributed by atoms with E-state index in [2.05, 4.69) is 10.00 Å². The molecular formula is C14H18N4O2S. The SMILES string of the molecule is Cc1cnn(C2CCN(c3ccccc3S(N)(=O)=O)C2)c1. The van der Waals surface area contributed by atoms with E-state index >= 15 is 0 Å². The standard InChI is InChI=1S/C14H18N4O2S/c1-11-8-16-18(9-11)12-6-7-17(10-12)13-4-2-3-5-14(13)21(15,19)20/h2-5,8-9,12H,6-7,10H2,1H3,(H2,15,19,20). The van der Waals surface area contributed by atoms with Gasteiger partial charge in [-0.25, -0.2) is 13.6 Å². The third-order valence-electron chi connectivity index (χ3n) is 3.78. The predicted molar refractivity (Wildman–Crippen MR) is 80.6 cm³/mol. The van der Waals surface area contributed by atoms with Crippen LogP contribution in [0.1, 0.15) is 18.0 Å². The lowest BCUT2D eigenvalue weighted by molar-refractivity contribution is 0.494. The summed E-state index contributed by atoms with van der Waals surface area (Å²) < 4.78 is 25.4. The molecule has 0 bridgehead atoms. The fraction of sp³-hybridized carbons (Fsp3) is 0.357. The number of hydrogen-bond acceptors (Lipinski definition) is 4. The number of nitrogens with zero attached hydrogens (tertiary/aromatic N) is 3. The minimum Gasteiger partial charge on any atom is -0.368 e. The molecule has 2 heterocycles. The first-order valence-electron chi connectivity index (χ1n) is 6.83. The highest BCUT2D eigenvalue weighted by Crippen LogP contribution is 2.30. The quantitative estimate of drug-likeness (QED) is 0.926. The van der Waals surface area contributed by atoms with Crippen molar-refractivity contribution in [1.82, 2.24) is 9.78 Å². The molecule has 2 aromatic rings. The van der Waals surface area contributed by atoms with Gasteiger partial charge in [0.15, 0.2) is 0 Å². The molecule has 0 radical (unpaired) electrons. The zero-order valence-electron chi connectivity index (χ0n) is 11.8. The molecule has 1 saturated heterocycles. The molecule has 0 amide bonds. The Labute approximate surface area is 124 Å². The van der Waals surface area contributed by atoms with Crippen LogP contribution in [0.15, 0.2) is 41.6 Å². The number of anilines is 1. The zero-order valence-corrected chi connectivity index (χ0v) is 12.6. The lowest BCUT2D eigenvalue weighted by Gasteiger charge is -2.21. The van der Waals surface area contributed by atoms with Crippen LogP contribution in [0.3, 0.4) is 0 Å². The molecule has 1 unspecified atom stereocenters. The van der Waals surface area contributed by atoms with Crippen molar-refractivity contribution in [2.75, 3.05) is 18.0 Å². The second-order valence-electron chi connectivity index (χ2n) is 5.40. The van der Waals surface area contributed by atoms with Crippen LogP contribution in [0.4, 0.5) is 5.69 Å². The molecule has 0 spiro atoms. The summed E-state index contributed by atoms with van der Waals surface area (Å²) in [4.78, 5) is 2.24. The van der Waals surface area contributed by atoms with Crippen molar-refractivity contribution in [1.29, 1.82) is 0 Å². The van der Waals surface area contributed by atoms with Crippen LogP contribution in [0.25, 0.3) is 0 Å². The summed E-state index contributed by atoms with van der Waals surface area (Å²) in [6, 6.07) is 7.13. The summed E-state index contributed by atoms with van der Waals surface area (Å²) in [5.74, 6) is 0. The summed E-state index contributed by atoms with van der Waals surface area (Å²) in [5, 5.41) is 9.65. The van der Waals surface area contributed by atoms with Gasteiger partial charge in [0.25, 0.3) is 0 Å². The lowest BCUT2D eigenvalue weighted by atomic mass is 10.3. The first-order valence-corrected chi connectivity index (χ1v) is 8.37. The Balaban J connectivity index is 1.87. The van der Waals surface area contributed by atoms with E-state index in [0.717, 1.165) is 25.1 Å². The molecule has 7 heteroatoms. The Bertz CT molecular complexity index is 754. The normalized spacial score (nSPS) is 19.1. The van der Waals surface area contributed by atoms with Gasteiger partial charge < -0.3 is 4.90 Å². The molecule has 1 aliphatic rings. The van der Waals surface area contributed by atoms with Crippen molar-refractivity contribution < 1.29 is 8.42 Å². The molecule has 21 heavy (non-hydrogen) atoms. The van der Waals surface area contributed by atoms with Crippen molar-refractivity contribution in [2.45, 2.75) is 24.3 Å². The van der Waals surface area contributed by atoms with Crippen LogP contribution in [0, 0.1) is 6.92 Å². The van der Waals surface area contributed by atoms with Crippen LogP contribution in [-0.2, 0) is 10.0 Å². The van der Waals surface area contributed by atoms with Crippen molar-refractivity contribution in [2.24, 2.45) is 5.14 Å². The van der Waals surface area contributed by atoms with Gasteiger partial charge in [0.05, 0.1) is 17.9 Å². The number of benzene rings is 1. The zero-order chi connectivity index (χ0) is 15.0. The van der Waals surface area contributed by atoms with Gasteiger partial charge in [0.1, 0.15) is 4.90 Å². The smallest absolute Gasteiger partial charge is 0.240 e. The fourth-order valence-corrected chi connectivity index (χ4v) is 3.53. The van der Waals surface area contributed by atoms with E-state index in [-0.39, 0.29) is 10.9 Å². The molecule has 0 aliphatic carbocycles. The van der Waals surface area contributed by atoms with Gasteiger partial charge in [0, 0.05) is 19.3 Å². The van der Waals surface area contributed by atoms with Crippen molar-refractivity contribution >= 4 is 15.7 Å². The van der Waals surface area contributed by atoms with E-state index in [1.54, 1.807) is 18.2 Å². The molecule has 1 atom stereocenters. The number of aryl methyl sites for hydroxylation is 1. The summed E-state index contributed by atoms with van der Waals surface area (Å²) in [6.07, 6.45) is 4.78. The van der Waals surface area contributed by atoms with E-state index in [4.69, 9.17) is 5.14 Å². The molecule has 2 N–H and O–H groups in total. The number of nitrogens with two attached hydrogens (primary N) is 1. The van der Waals surface area contributed by atoms with Crippen LogP contribution >= 0.6 is 0 Å². The van der Waals surface area contributed by atoms with Gasteiger partial charge in [0.2, 0.25) is 10.0 Å². The summed E-state index contributed by atoms with van der Waals surface area (Å²) in [5.41, 5.74) is 1.80. The molecular weight excluding hydrogens is 288 g/mol. The first kappa shape index (κ1) is 14.1. The number of para-hydroxylation sites is 1. The molecule has 0 saturated carbocycles. The highest BCUT2D eigenvalue weighted by Gasteiger charge is 2.27. The first-order chi connectivity index (χ1) is 9.95. The van der Waals surface area contributed by atoms with Crippen LogP contribution < -0.4 is 10.0 Å². The molecule has 1 aromatic heterocycles. The van der Waals surface area contributed by atoms with Gasteiger partial charge in [-0.05, 0) is 31.0 Å². The number of sulfonamides is 1. The van der Waals surface area contributed by atoms with Gasteiger partial charge >= 0.3 is 0 Å². The Hall–Kier alpha value is -1.86. The minimum absolute atomic E-state index is 0.183. The van der Waals surface area contributed by atoms with E-state index in [9.17, 15) is 8.42 Å². The summed E-state index contributed by atoms with van der Waals surface area (Å²) in [7, 11) is -3.71. The van der Waals surface area contributed by atoms with Gasteiger partial charge in [-0.1, -0.05) is 12.1 Å². The van der Waals surface area contributed by atoms with Gasteiger partial charge in [-0.15, -0.1) is 0 Å². The second kappa shape index (κ2) is 5.16. The molecule has 1 aliphatic heterocycles. The Morgan fingerprint density at radius 1 is 1.33 bits per heavy atom. The number of hydrogen-bond donors (Lipinski definition) is 1. The van der Waals surface area contributed by atoms with E-state index < -0.39 is 10.0 Å². The Morgan fingerprint density at radius 2 is 2.10 bits per heavy atom. The lowest BCUT2D eigenvalue weighted by Crippen LogP contribution is -2.24. The van der Waals surface area contributed by atoms with Crippen molar-refractivity contribution in [3.63, 3.8) is 0 Å². The number of primary sulfonamides is 1. The fourth-order valence-electron chi connectivity index (χ4n) is 2.77. The van der Waals surface area contributed by atoms with Crippen LogP contribution in [0.2, 0.25) is 0 Å². The van der Waals surface area contributed by atoms with E-state index in [1.807, 2.05) is 30.1 Å². The Morgan fingerprint density at radius 3 is 2.76 bits per heavy atom. The summed E-state index contributed by atoms with van der Waals surface area (Å²) >= 11 is 0. The predicted octanol–water partition coefficient (Wildman–Crippen LogP) is 1.29. The van der Waals surface area contributed by atoms with Crippen molar-refractivity contribution in [3.8, 4) is 0 Å². The number of rotatable bonds is 3. The molecule has 1 fully saturated rings. The minimum atomic E-state index is -3.71. The monoisotopic (exact) mass is 306 g/mol. The maximum atomic E-state index is 11.7. The Kier molecular flexibility index (Phi) is 3.46. The molecule has 3 rings (SSSR count). The third-order valence-corrected chi connectivity index (χ3v) is 4.74. The third kappa shape index (κ3) is 2.79. The molecule has 1 aromatic carbocycles. The van der Waals surface area contributed by atoms with Gasteiger partial charge in [-0.3, -0.25) is 4.68 Å². The van der Waals surface area contributed by atoms with E-state index in [0.29, 0.717) is 5.69 Å². The topological polar surface area (TPSA) is 81.2 Å². The number of aromatic nitrogens is 2. The van der Waals surface area contributed by atoms with Crippen LogP contribution in [-0.4, -0.2) is 31.3 Å². The van der Waals surface area contributed by atoms with Crippen LogP contribution in [0.5, 0.6) is 0 Å². The van der Waals surface area contributed by atoms with Crippen molar-refractivity contribution in [3.05, 3.63) is 42.2 Å². The average Bonchev–Trinajstić information content (AvgIpc) is 3.06. The largest absolute Gasteiger partial charge is 0.368 e. The molecule has 112 valence electrons. The average molecular weight is 306 g/mol. The van der Waals surface area contributed by atoms with E-state index in [1.165, 1.54) is 0 Å². The highest BCUT2D eigenvalue weighted by atomic mass is 32.2. The highest BCUT2D eigenvalue weighted by molar-refractivity contribution is 7.89. The second-order valence-corrected chi connectivity index (χ2v) is 6.93. The molecule has 6 nitrogen and oxygen atoms in total. The summed E-state index contributed by atoms with van der Waals surface area (Å²) in [6.45, 7) is 3.52. The maximum absolute atomic E-state index is 11.7. The maximum Gasteiger partial charge on any atom is 0.240 e.